The predicted molar refractivity (Wildman–Crippen MR) is 60.4 cm³/mol. The SMILES string of the molecule is CC(=O)OC1=NS(O)(O)c2ccccc2N1. The predicted octanol–water partition coefficient (Wildman–Crippen LogP) is 2.06. The van der Waals surface area contributed by atoms with Gasteiger partial charge in [0.1, 0.15) is 4.90 Å². The van der Waals surface area contributed by atoms with E-state index in [1.54, 1.807) is 24.3 Å². The Labute approximate surface area is 93.4 Å². The number of fused-ring (bicyclic) bond motifs is 1. The number of esters is 1. The van der Waals surface area contributed by atoms with E-state index in [0.717, 1.165) is 0 Å². The molecule has 86 valence electrons. The molecule has 1 aliphatic rings. The van der Waals surface area contributed by atoms with E-state index < -0.39 is 16.7 Å². The Bertz CT molecular complexity index is 472. The van der Waals surface area contributed by atoms with E-state index in [-0.39, 0.29) is 10.9 Å². The first-order valence-corrected chi connectivity index (χ1v) is 5.92. The van der Waals surface area contributed by atoms with Crippen molar-refractivity contribution < 1.29 is 18.6 Å². The lowest BCUT2D eigenvalue weighted by atomic mass is 10.3. The van der Waals surface area contributed by atoms with Crippen molar-refractivity contribution in [3.63, 3.8) is 0 Å². The van der Waals surface area contributed by atoms with E-state index in [1.807, 2.05) is 0 Å². The summed E-state index contributed by atoms with van der Waals surface area (Å²) in [5, 5.41) is 2.69. The standard InChI is InChI=1S/C9H10N2O4S/c1-6(12)15-9-10-7-4-2-3-5-8(7)16(13,14)11-9/h2-5,13-14H,1H3,(H,10,11). The normalized spacial score (nSPS) is 18.8. The van der Waals surface area contributed by atoms with E-state index in [9.17, 15) is 13.9 Å². The van der Waals surface area contributed by atoms with Gasteiger partial charge in [0.05, 0.1) is 5.69 Å². The molecule has 0 aromatic heterocycles. The Morgan fingerprint density at radius 2 is 2.12 bits per heavy atom. The van der Waals surface area contributed by atoms with Gasteiger partial charge in [0.25, 0.3) is 0 Å². The van der Waals surface area contributed by atoms with Gasteiger partial charge in [-0.1, -0.05) is 27.3 Å². The Hall–Kier alpha value is -1.57. The van der Waals surface area contributed by atoms with Crippen molar-refractivity contribution in [3.8, 4) is 0 Å². The third-order valence-corrected chi connectivity index (χ3v) is 3.24. The van der Waals surface area contributed by atoms with Crippen LogP contribution in [0.1, 0.15) is 6.92 Å². The minimum absolute atomic E-state index is 0.203. The van der Waals surface area contributed by atoms with E-state index >= 15 is 0 Å². The molecule has 0 saturated heterocycles. The zero-order valence-corrected chi connectivity index (χ0v) is 9.19. The number of amidine groups is 1. The second-order valence-electron chi connectivity index (χ2n) is 3.13. The monoisotopic (exact) mass is 242 g/mol. The molecule has 0 bridgehead atoms. The maximum absolute atomic E-state index is 10.7. The van der Waals surface area contributed by atoms with Crippen LogP contribution in [0.4, 0.5) is 5.69 Å². The number of hydrogen-bond donors (Lipinski definition) is 3. The van der Waals surface area contributed by atoms with Crippen molar-refractivity contribution in [1.29, 1.82) is 0 Å². The molecular formula is C9H10N2O4S. The number of carbonyl (C=O) groups excluding carboxylic acids is 1. The highest BCUT2D eigenvalue weighted by Crippen LogP contribution is 2.54. The maximum Gasteiger partial charge on any atom is 0.318 e. The Morgan fingerprint density at radius 3 is 2.81 bits per heavy atom. The Morgan fingerprint density at radius 1 is 1.44 bits per heavy atom. The first-order valence-electron chi connectivity index (χ1n) is 4.42. The average Bonchev–Trinajstić information content (AvgIpc) is 2.15. The third-order valence-electron chi connectivity index (χ3n) is 1.87. The summed E-state index contributed by atoms with van der Waals surface area (Å²) in [4.78, 5) is 11.0. The first kappa shape index (κ1) is 10.9. The molecule has 2 rings (SSSR count). The second-order valence-corrected chi connectivity index (χ2v) is 4.79. The molecule has 1 aromatic carbocycles. The number of rotatable bonds is 0. The first-order chi connectivity index (χ1) is 7.49. The molecule has 0 radical (unpaired) electrons. The van der Waals surface area contributed by atoms with Gasteiger partial charge in [-0.05, 0) is 12.1 Å². The quantitative estimate of drug-likeness (QED) is 0.606. The lowest BCUT2D eigenvalue weighted by molar-refractivity contribution is -0.132. The fourth-order valence-electron chi connectivity index (χ4n) is 1.29. The summed E-state index contributed by atoms with van der Waals surface area (Å²) in [6.45, 7) is 1.20. The van der Waals surface area contributed by atoms with Crippen LogP contribution < -0.4 is 5.32 Å². The molecule has 0 amide bonds. The largest absolute Gasteiger partial charge is 0.391 e. The summed E-state index contributed by atoms with van der Waals surface area (Å²) < 4.78 is 27.7. The van der Waals surface area contributed by atoms with E-state index in [0.29, 0.717) is 5.69 Å². The van der Waals surface area contributed by atoms with Crippen molar-refractivity contribution in [3.05, 3.63) is 24.3 Å². The Kier molecular flexibility index (Phi) is 2.58. The van der Waals surface area contributed by atoms with Crippen LogP contribution in [0, 0.1) is 0 Å². The summed E-state index contributed by atoms with van der Waals surface area (Å²) in [7, 11) is -3.29. The highest BCUT2D eigenvalue weighted by atomic mass is 32.3. The van der Waals surface area contributed by atoms with Crippen LogP contribution in [-0.4, -0.2) is 21.1 Å². The number of benzene rings is 1. The topological polar surface area (TPSA) is 91.2 Å². The molecule has 1 aliphatic heterocycles. The zero-order chi connectivity index (χ0) is 11.8. The molecule has 7 heteroatoms. The molecule has 0 spiro atoms. The fraction of sp³-hybridized carbons (Fsp3) is 0.111. The van der Waals surface area contributed by atoms with E-state index in [2.05, 4.69) is 14.5 Å². The van der Waals surface area contributed by atoms with Gasteiger partial charge >= 0.3 is 12.0 Å². The van der Waals surface area contributed by atoms with Crippen LogP contribution in [0.3, 0.4) is 0 Å². The molecular weight excluding hydrogens is 232 g/mol. The molecule has 16 heavy (non-hydrogen) atoms. The highest BCUT2D eigenvalue weighted by Gasteiger charge is 2.26. The van der Waals surface area contributed by atoms with Gasteiger partial charge in [0.2, 0.25) is 0 Å². The van der Waals surface area contributed by atoms with Crippen LogP contribution in [-0.2, 0) is 9.53 Å². The molecule has 0 atom stereocenters. The van der Waals surface area contributed by atoms with Crippen LogP contribution in [0.15, 0.2) is 33.6 Å². The molecule has 6 nitrogen and oxygen atoms in total. The van der Waals surface area contributed by atoms with Gasteiger partial charge in [-0.3, -0.25) is 13.9 Å². The van der Waals surface area contributed by atoms with Crippen molar-refractivity contribution in [1.82, 2.24) is 0 Å². The fourth-order valence-corrected chi connectivity index (χ4v) is 2.38. The number of anilines is 1. The number of ether oxygens (including phenoxy) is 1. The van der Waals surface area contributed by atoms with Gasteiger partial charge < -0.3 is 10.1 Å². The molecule has 1 heterocycles. The van der Waals surface area contributed by atoms with E-state index in [1.165, 1.54) is 6.92 Å². The maximum atomic E-state index is 10.7. The van der Waals surface area contributed by atoms with Gasteiger partial charge in [-0.2, -0.15) is 0 Å². The van der Waals surface area contributed by atoms with Gasteiger partial charge in [-0.15, -0.1) is 0 Å². The summed E-state index contributed by atoms with van der Waals surface area (Å²) in [6.07, 6.45) is 0. The van der Waals surface area contributed by atoms with Crippen molar-refractivity contribution in [2.45, 2.75) is 11.8 Å². The molecule has 0 unspecified atom stereocenters. The number of para-hydroxylation sites is 1. The van der Waals surface area contributed by atoms with Gasteiger partial charge in [0, 0.05) is 6.92 Å². The number of carbonyl (C=O) groups is 1. The van der Waals surface area contributed by atoms with Crippen molar-refractivity contribution in [2.24, 2.45) is 4.40 Å². The van der Waals surface area contributed by atoms with Crippen LogP contribution >= 0.6 is 10.8 Å². The average molecular weight is 242 g/mol. The summed E-state index contributed by atoms with van der Waals surface area (Å²) in [5.74, 6) is -0.583. The zero-order valence-electron chi connectivity index (χ0n) is 8.38. The lowest BCUT2D eigenvalue weighted by Crippen LogP contribution is -2.24. The van der Waals surface area contributed by atoms with E-state index in [4.69, 9.17) is 0 Å². The summed E-state index contributed by atoms with van der Waals surface area (Å²) in [5.41, 5.74) is 0.466. The molecule has 3 N–H and O–H groups in total. The third kappa shape index (κ3) is 2.01. The molecule has 1 aromatic rings. The van der Waals surface area contributed by atoms with Crippen molar-refractivity contribution in [2.75, 3.05) is 5.32 Å². The van der Waals surface area contributed by atoms with Crippen LogP contribution in [0.5, 0.6) is 0 Å². The highest BCUT2D eigenvalue weighted by molar-refractivity contribution is 8.23. The summed E-state index contributed by atoms with van der Waals surface area (Å²) in [6, 6.07) is 6.37. The van der Waals surface area contributed by atoms with Crippen LogP contribution in [0.25, 0.3) is 0 Å². The molecule has 0 fully saturated rings. The minimum atomic E-state index is -3.29. The number of hydrogen-bond acceptors (Lipinski definition) is 6. The van der Waals surface area contributed by atoms with Gasteiger partial charge in [0.15, 0.2) is 0 Å². The number of nitrogens with one attached hydrogen (secondary N) is 1. The van der Waals surface area contributed by atoms with Crippen LogP contribution in [0.2, 0.25) is 0 Å². The molecule has 0 saturated carbocycles. The Balaban J connectivity index is 2.39. The molecule has 0 aliphatic carbocycles. The summed E-state index contributed by atoms with van der Waals surface area (Å²) >= 11 is 0. The minimum Gasteiger partial charge on any atom is -0.391 e. The van der Waals surface area contributed by atoms with Crippen molar-refractivity contribution >= 4 is 28.5 Å². The smallest absolute Gasteiger partial charge is 0.318 e. The second kappa shape index (κ2) is 3.78. The lowest BCUT2D eigenvalue weighted by Gasteiger charge is -2.32. The van der Waals surface area contributed by atoms with Gasteiger partial charge in [-0.25, -0.2) is 0 Å². The number of nitrogens with zero attached hydrogens (tertiary/aromatic N) is 1.